The van der Waals surface area contributed by atoms with E-state index in [4.69, 9.17) is 4.74 Å². The van der Waals surface area contributed by atoms with Gasteiger partial charge in [-0.2, -0.15) is 0 Å². The predicted octanol–water partition coefficient (Wildman–Crippen LogP) is 2.19. The lowest BCUT2D eigenvalue weighted by Gasteiger charge is -2.15. The number of hydrogen-bond donors (Lipinski definition) is 1. The summed E-state index contributed by atoms with van der Waals surface area (Å²) in [4.78, 5) is 0. The first-order valence-electron chi connectivity index (χ1n) is 5.07. The van der Waals surface area contributed by atoms with Crippen LogP contribution >= 0.6 is 0 Å². The van der Waals surface area contributed by atoms with Gasteiger partial charge >= 0.3 is 0 Å². The van der Waals surface area contributed by atoms with E-state index in [1.54, 1.807) is 7.11 Å². The molecule has 0 aromatic rings. The molecule has 74 valence electrons. The second-order valence-electron chi connectivity index (χ2n) is 3.19. The predicted molar refractivity (Wildman–Crippen MR) is 53.5 cm³/mol. The SMILES string of the molecule is CCCCC(CC)NCCOC. The Hall–Kier alpha value is -0.0800. The summed E-state index contributed by atoms with van der Waals surface area (Å²) in [5.74, 6) is 0. The van der Waals surface area contributed by atoms with Crippen molar-refractivity contribution in [2.24, 2.45) is 0 Å². The lowest BCUT2D eigenvalue weighted by Crippen LogP contribution is -2.31. The molecule has 1 unspecified atom stereocenters. The normalized spacial score (nSPS) is 13.2. The fourth-order valence-corrected chi connectivity index (χ4v) is 1.27. The topological polar surface area (TPSA) is 21.3 Å². The third kappa shape index (κ3) is 6.62. The monoisotopic (exact) mass is 173 g/mol. The van der Waals surface area contributed by atoms with E-state index in [0.717, 1.165) is 13.2 Å². The maximum atomic E-state index is 4.98. The Labute approximate surface area is 76.7 Å². The Morgan fingerprint density at radius 3 is 2.58 bits per heavy atom. The average molecular weight is 173 g/mol. The van der Waals surface area contributed by atoms with Gasteiger partial charge in [-0.15, -0.1) is 0 Å². The van der Waals surface area contributed by atoms with Crippen molar-refractivity contribution in [1.29, 1.82) is 0 Å². The zero-order valence-corrected chi connectivity index (χ0v) is 8.73. The molecule has 0 heterocycles. The minimum Gasteiger partial charge on any atom is -0.383 e. The molecule has 0 saturated heterocycles. The maximum absolute atomic E-state index is 4.98. The van der Waals surface area contributed by atoms with Crippen LogP contribution in [0.1, 0.15) is 39.5 Å². The highest BCUT2D eigenvalue weighted by molar-refractivity contribution is 4.63. The van der Waals surface area contributed by atoms with Crippen LogP contribution in [0.3, 0.4) is 0 Å². The molecular weight excluding hydrogens is 150 g/mol. The van der Waals surface area contributed by atoms with Crippen molar-refractivity contribution in [1.82, 2.24) is 5.32 Å². The first-order chi connectivity index (χ1) is 5.85. The standard InChI is InChI=1S/C10H23NO/c1-4-6-7-10(5-2)11-8-9-12-3/h10-11H,4-9H2,1-3H3. The summed E-state index contributed by atoms with van der Waals surface area (Å²) in [6.45, 7) is 6.28. The third-order valence-corrected chi connectivity index (χ3v) is 2.14. The zero-order valence-electron chi connectivity index (χ0n) is 8.73. The number of nitrogens with one attached hydrogen (secondary N) is 1. The van der Waals surface area contributed by atoms with Crippen molar-refractivity contribution >= 4 is 0 Å². The Kier molecular flexibility index (Phi) is 8.95. The van der Waals surface area contributed by atoms with Crippen LogP contribution in [0.2, 0.25) is 0 Å². The maximum Gasteiger partial charge on any atom is 0.0587 e. The van der Waals surface area contributed by atoms with Crippen LogP contribution in [0.25, 0.3) is 0 Å². The van der Waals surface area contributed by atoms with Gasteiger partial charge in [-0.3, -0.25) is 0 Å². The Morgan fingerprint density at radius 1 is 1.33 bits per heavy atom. The van der Waals surface area contributed by atoms with E-state index in [1.807, 2.05) is 0 Å². The fourth-order valence-electron chi connectivity index (χ4n) is 1.27. The van der Waals surface area contributed by atoms with E-state index in [1.165, 1.54) is 25.7 Å². The summed E-state index contributed by atoms with van der Waals surface area (Å²) >= 11 is 0. The molecule has 0 rings (SSSR count). The van der Waals surface area contributed by atoms with Crippen LogP contribution in [-0.2, 0) is 4.74 Å². The summed E-state index contributed by atoms with van der Waals surface area (Å²) in [6, 6.07) is 0.695. The summed E-state index contributed by atoms with van der Waals surface area (Å²) < 4.78 is 4.98. The first kappa shape index (κ1) is 11.9. The van der Waals surface area contributed by atoms with Gasteiger partial charge in [0.05, 0.1) is 6.61 Å². The summed E-state index contributed by atoms with van der Waals surface area (Å²) in [5.41, 5.74) is 0. The van der Waals surface area contributed by atoms with Gasteiger partial charge in [-0.1, -0.05) is 26.7 Å². The van der Waals surface area contributed by atoms with Gasteiger partial charge in [0.25, 0.3) is 0 Å². The van der Waals surface area contributed by atoms with E-state index < -0.39 is 0 Å². The molecule has 0 aliphatic carbocycles. The van der Waals surface area contributed by atoms with Crippen LogP contribution in [0.4, 0.5) is 0 Å². The number of rotatable bonds is 8. The van der Waals surface area contributed by atoms with Gasteiger partial charge in [0, 0.05) is 19.7 Å². The van der Waals surface area contributed by atoms with E-state index in [0.29, 0.717) is 6.04 Å². The highest BCUT2D eigenvalue weighted by Gasteiger charge is 2.02. The van der Waals surface area contributed by atoms with Crippen LogP contribution in [0.15, 0.2) is 0 Å². The molecule has 0 radical (unpaired) electrons. The van der Waals surface area contributed by atoms with Gasteiger partial charge in [0.1, 0.15) is 0 Å². The van der Waals surface area contributed by atoms with Crippen molar-refractivity contribution in [2.75, 3.05) is 20.3 Å². The second kappa shape index (κ2) is 9.01. The molecule has 0 aliphatic rings. The summed E-state index contributed by atoms with van der Waals surface area (Å²) in [6.07, 6.45) is 5.15. The Bertz CT molecular complexity index is 85.9. The van der Waals surface area contributed by atoms with Gasteiger partial charge in [0.2, 0.25) is 0 Å². The Balaban J connectivity index is 3.26. The molecule has 2 heteroatoms. The molecule has 1 atom stereocenters. The van der Waals surface area contributed by atoms with Crippen LogP contribution < -0.4 is 5.32 Å². The highest BCUT2D eigenvalue weighted by Crippen LogP contribution is 2.03. The Morgan fingerprint density at radius 2 is 2.08 bits per heavy atom. The largest absolute Gasteiger partial charge is 0.383 e. The molecule has 0 aromatic carbocycles. The minimum atomic E-state index is 0.695. The lowest BCUT2D eigenvalue weighted by atomic mass is 10.1. The molecule has 12 heavy (non-hydrogen) atoms. The molecule has 0 aliphatic heterocycles. The molecule has 0 spiro atoms. The number of hydrogen-bond acceptors (Lipinski definition) is 2. The molecule has 0 saturated carbocycles. The highest BCUT2D eigenvalue weighted by atomic mass is 16.5. The molecule has 1 N–H and O–H groups in total. The van der Waals surface area contributed by atoms with Gasteiger partial charge in [0.15, 0.2) is 0 Å². The molecular formula is C10H23NO. The molecule has 2 nitrogen and oxygen atoms in total. The van der Waals surface area contributed by atoms with Crippen LogP contribution in [-0.4, -0.2) is 26.3 Å². The molecule has 0 amide bonds. The second-order valence-corrected chi connectivity index (χ2v) is 3.19. The molecule has 0 fully saturated rings. The van der Waals surface area contributed by atoms with E-state index in [-0.39, 0.29) is 0 Å². The smallest absolute Gasteiger partial charge is 0.0587 e. The summed E-state index contributed by atoms with van der Waals surface area (Å²) in [5, 5.41) is 3.48. The summed E-state index contributed by atoms with van der Waals surface area (Å²) in [7, 11) is 1.74. The van der Waals surface area contributed by atoms with E-state index in [9.17, 15) is 0 Å². The third-order valence-electron chi connectivity index (χ3n) is 2.14. The van der Waals surface area contributed by atoms with Crippen LogP contribution in [0, 0.1) is 0 Å². The van der Waals surface area contributed by atoms with E-state index in [2.05, 4.69) is 19.2 Å². The van der Waals surface area contributed by atoms with Crippen molar-refractivity contribution in [2.45, 2.75) is 45.6 Å². The average Bonchev–Trinajstić information content (AvgIpc) is 2.11. The van der Waals surface area contributed by atoms with Crippen molar-refractivity contribution < 1.29 is 4.74 Å². The van der Waals surface area contributed by atoms with Gasteiger partial charge < -0.3 is 10.1 Å². The van der Waals surface area contributed by atoms with Crippen LogP contribution in [0.5, 0.6) is 0 Å². The first-order valence-corrected chi connectivity index (χ1v) is 5.07. The molecule has 0 bridgehead atoms. The van der Waals surface area contributed by atoms with Gasteiger partial charge in [-0.05, 0) is 12.8 Å². The van der Waals surface area contributed by atoms with Crippen molar-refractivity contribution in [3.8, 4) is 0 Å². The van der Waals surface area contributed by atoms with Gasteiger partial charge in [-0.25, -0.2) is 0 Å². The lowest BCUT2D eigenvalue weighted by molar-refractivity contribution is 0.194. The number of ether oxygens (including phenoxy) is 1. The fraction of sp³-hybridized carbons (Fsp3) is 1.00. The minimum absolute atomic E-state index is 0.695. The molecule has 0 aromatic heterocycles. The quantitative estimate of drug-likeness (QED) is 0.568. The van der Waals surface area contributed by atoms with Crippen molar-refractivity contribution in [3.63, 3.8) is 0 Å². The number of methoxy groups -OCH3 is 1. The zero-order chi connectivity index (χ0) is 9.23. The van der Waals surface area contributed by atoms with E-state index >= 15 is 0 Å². The van der Waals surface area contributed by atoms with Crippen molar-refractivity contribution in [3.05, 3.63) is 0 Å². The number of unbranched alkanes of at least 4 members (excludes halogenated alkanes) is 1.